The van der Waals surface area contributed by atoms with Crippen LogP contribution in [0.2, 0.25) is 5.02 Å². The number of carbonyl (C=O) groups excluding carboxylic acids is 1. The van der Waals surface area contributed by atoms with Crippen molar-refractivity contribution in [2.45, 2.75) is 18.4 Å². The van der Waals surface area contributed by atoms with Gasteiger partial charge in [0.15, 0.2) is 0 Å². The third-order valence-electron chi connectivity index (χ3n) is 4.49. The maximum Gasteiger partial charge on any atom is 0.261 e. The lowest BCUT2D eigenvalue weighted by molar-refractivity contribution is 0.0785. The molecule has 3 aromatic rings. The predicted molar refractivity (Wildman–Crippen MR) is 116 cm³/mol. The molecule has 29 heavy (non-hydrogen) atoms. The van der Waals surface area contributed by atoms with E-state index >= 15 is 0 Å². The van der Waals surface area contributed by atoms with E-state index in [4.69, 9.17) is 11.6 Å². The Morgan fingerprint density at radius 2 is 1.66 bits per heavy atom. The van der Waals surface area contributed by atoms with Crippen molar-refractivity contribution in [3.8, 4) is 0 Å². The maximum atomic E-state index is 12.9. The zero-order valence-corrected chi connectivity index (χ0v) is 17.7. The Labute approximate surface area is 176 Å². The molecule has 1 amide bonds. The van der Waals surface area contributed by atoms with Crippen molar-refractivity contribution in [2.24, 2.45) is 0 Å². The Hall–Kier alpha value is -2.83. The average Bonchev–Trinajstić information content (AvgIpc) is 2.71. The van der Waals surface area contributed by atoms with Crippen molar-refractivity contribution in [3.05, 3.63) is 94.5 Å². The fraction of sp³-hybridized carbons (Fsp3) is 0.136. The summed E-state index contributed by atoms with van der Waals surface area (Å²) in [5, 5.41) is 0.590. The molecule has 0 aliphatic rings. The molecular weight excluding hydrogens is 408 g/mol. The number of nitrogens with one attached hydrogen (secondary N) is 1. The van der Waals surface area contributed by atoms with Gasteiger partial charge in [-0.15, -0.1) is 0 Å². The molecule has 0 aliphatic carbocycles. The van der Waals surface area contributed by atoms with Gasteiger partial charge in [0.2, 0.25) is 0 Å². The highest BCUT2D eigenvalue weighted by Crippen LogP contribution is 2.23. The number of rotatable bonds is 6. The molecule has 0 unspecified atom stereocenters. The molecule has 1 N–H and O–H groups in total. The highest BCUT2D eigenvalue weighted by molar-refractivity contribution is 7.92. The van der Waals surface area contributed by atoms with Gasteiger partial charge < -0.3 is 4.90 Å². The van der Waals surface area contributed by atoms with Crippen LogP contribution in [0.5, 0.6) is 0 Å². The van der Waals surface area contributed by atoms with Gasteiger partial charge >= 0.3 is 0 Å². The number of amides is 1. The van der Waals surface area contributed by atoms with Crippen molar-refractivity contribution in [1.29, 1.82) is 0 Å². The van der Waals surface area contributed by atoms with Crippen LogP contribution in [0.4, 0.5) is 5.69 Å². The molecule has 150 valence electrons. The van der Waals surface area contributed by atoms with Gasteiger partial charge in [0, 0.05) is 24.2 Å². The second-order valence-electron chi connectivity index (χ2n) is 6.70. The van der Waals surface area contributed by atoms with E-state index in [1.165, 1.54) is 12.1 Å². The molecule has 0 saturated carbocycles. The summed E-state index contributed by atoms with van der Waals surface area (Å²) in [4.78, 5) is 14.6. The molecule has 0 bridgehead atoms. The van der Waals surface area contributed by atoms with Gasteiger partial charge in [-0.2, -0.15) is 0 Å². The zero-order valence-electron chi connectivity index (χ0n) is 16.1. The monoisotopic (exact) mass is 428 g/mol. The molecule has 7 heteroatoms. The van der Waals surface area contributed by atoms with Gasteiger partial charge in [-0.25, -0.2) is 8.42 Å². The highest BCUT2D eigenvalue weighted by atomic mass is 35.5. The van der Waals surface area contributed by atoms with E-state index < -0.39 is 10.0 Å². The number of halogens is 1. The van der Waals surface area contributed by atoms with E-state index in [0.29, 0.717) is 22.8 Å². The minimum atomic E-state index is -3.75. The standard InChI is InChI=1S/C22H21ClN2O3S/c1-16-12-13-17(22(26)25(2)15-18-8-6-7-11-20(18)23)14-21(16)24-29(27,28)19-9-4-3-5-10-19/h3-14,24H,15H2,1-2H3. The first kappa shape index (κ1) is 20.9. The average molecular weight is 429 g/mol. The van der Waals surface area contributed by atoms with E-state index in [1.807, 2.05) is 18.2 Å². The molecule has 0 aromatic heterocycles. The van der Waals surface area contributed by atoms with Gasteiger partial charge in [-0.3, -0.25) is 9.52 Å². The molecule has 5 nitrogen and oxygen atoms in total. The fourth-order valence-corrected chi connectivity index (χ4v) is 4.18. The van der Waals surface area contributed by atoms with Crippen LogP contribution in [-0.4, -0.2) is 26.3 Å². The number of benzene rings is 3. The van der Waals surface area contributed by atoms with Gasteiger partial charge in [0.1, 0.15) is 0 Å². The molecule has 0 aliphatic heterocycles. The lowest BCUT2D eigenvalue weighted by Crippen LogP contribution is -2.26. The number of aryl methyl sites for hydroxylation is 1. The van der Waals surface area contributed by atoms with Crippen molar-refractivity contribution >= 4 is 33.2 Å². The highest BCUT2D eigenvalue weighted by Gasteiger charge is 2.18. The van der Waals surface area contributed by atoms with Crippen molar-refractivity contribution in [2.75, 3.05) is 11.8 Å². The zero-order chi connectivity index (χ0) is 21.0. The Kier molecular flexibility index (Phi) is 6.25. The number of hydrogen-bond acceptors (Lipinski definition) is 3. The van der Waals surface area contributed by atoms with E-state index in [0.717, 1.165) is 11.1 Å². The van der Waals surface area contributed by atoms with Gasteiger partial charge in [0.05, 0.1) is 10.6 Å². The van der Waals surface area contributed by atoms with Gasteiger partial charge in [-0.1, -0.05) is 54.1 Å². The van der Waals surface area contributed by atoms with E-state index in [2.05, 4.69) is 4.72 Å². The summed E-state index contributed by atoms with van der Waals surface area (Å²) in [6.07, 6.45) is 0. The van der Waals surface area contributed by atoms with Crippen LogP contribution in [-0.2, 0) is 16.6 Å². The van der Waals surface area contributed by atoms with Crippen molar-refractivity contribution < 1.29 is 13.2 Å². The second-order valence-corrected chi connectivity index (χ2v) is 8.79. The first-order chi connectivity index (χ1) is 13.8. The predicted octanol–water partition coefficient (Wildman–Crippen LogP) is 4.72. The SMILES string of the molecule is Cc1ccc(C(=O)N(C)Cc2ccccc2Cl)cc1NS(=O)(=O)c1ccccc1. The fourth-order valence-electron chi connectivity index (χ4n) is 2.84. The van der Waals surface area contributed by atoms with E-state index in [1.54, 1.807) is 61.3 Å². The van der Waals surface area contributed by atoms with Crippen LogP contribution in [0.25, 0.3) is 0 Å². The van der Waals surface area contributed by atoms with Crippen LogP contribution < -0.4 is 4.72 Å². The quantitative estimate of drug-likeness (QED) is 0.617. The van der Waals surface area contributed by atoms with Crippen LogP contribution in [0.1, 0.15) is 21.5 Å². The number of sulfonamides is 1. The van der Waals surface area contributed by atoms with Crippen LogP contribution in [0.3, 0.4) is 0 Å². The molecule has 3 aromatic carbocycles. The molecule has 0 radical (unpaired) electrons. The molecule has 0 atom stereocenters. The Morgan fingerprint density at radius 3 is 2.34 bits per heavy atom. The lowest BCUT2D eigenvalue weighted by atomic mass is 10.1. The van der Waals surface area contributed by atoms with Crippen molar-refractivity contribution in [3.63, 3.8) is 0 Å². The summed E-state index contributed by atoms with van der Waals surface area (Å²) in [6.45, 7) is 2.13. The number of carbonyl (C=O) groups is 1. The number of anilines is 1. The Balaban J connectivity index is 1.83. The van der Waals surface area contributed by atoms with E-state index in [9.17, 15) is 13.2 Å². The summed E-state index contributed by atoms with van der Waals surface area (Å²) in [7, 11) is -2.07. The summed E-state index contributed by atoms with van der Waals surface area (Å²) < 4.78 is 27.8. The first-order valence-electron chi connectivity index (χ1n) is 8.95. The summed E-state index contributed by atoms with van der Waals surface area (Å²) in [5.41, 5.74) is 2.30. The molecule has 3 rings (SSSR count). The van der Waals surface area contributed by atoms with Crippen LogP contribution in [0, 0.1) is 6.92 Å². The summed E-state index contributed by atoms with van der Waals surface area (Å²) >= 11 is 6.18. The molecule has 0 fully saturated rings. The minimum absolute atomic E-state index is 0.159. The third-order valence-corrected chi connectivity index (χ3v) is 6.24. The Morgan fingerprint density at radius 1 is 1.00 bits per heavy atom. The topological polar surface area (TPSA) is 66.5 Å². The first-order valence-corrected chi connectivity index (χ1v) is 10.8. The molecule has 0 saturated heterocycles. The minimum Gasteiger partial charge on any atom is -0.337 e. The smallest absolute Gasteiger partial charge is 0.261 e. The van der Waals surface area contributed by atoms with Gasteiger partial charge in [0.25, 0.3) is 15.9 Å². The third kappa shape index (κ3) is 4.96. The largest absolute Gasteiger partial charge is 0.337 e. The van der Waals surface area contributed by atoms with Crippen molar-refractivity contribution in [1.82, 2.24) is 4.90 Å². The number of nitrogens with zero attached hydrogens (tertiary/aromatic N) is 1. The van der Waals surface area contributed by atoms with Crippen LogP contribution in [0.15, 0.2) is 77.7 Å². The second kappa shape index (κ2) is 8.68. The molecule has 0 heterocycles. The normalized spacial score (nSPS) is 11.1. The number of hydrogen-bond donors (Lipinski definition) is 1. The van der Waals surface area contributed by atoms with Gasteiger partial charge in [-0.05, 0) is 48.4 Å². The Bertz CT molecular complexity index is 1130. The summed E-state index contributed by atoms with van der Waals surface area (Å²) in [5.74, 6) is -0.231. The molecular formula is C22H21ClN2O3S. The van der Waals surface area contributed by atoms with E-state index in [-0.39, 0.29) is 10.8 Å². The molecule has 0 spiro atoms. The lowest BCUT2D eigenvalue weighted by Gasteiger charge is -2.19. The van der Waals surface area contributed by atoms with Crippen LogP contribution >= 0.6 is 11.6 Å². The maximum absolute atomic E-state index is 12.9. The summed E-state index contributed by atoms with van der Waals surface area (Å²) in [6, 6.07) is 20.4.